The highest BCUT2D eigenvalue weighted by atomic mass is 32.1. The number of aryl methyl sites for hydroxylation is 4. The average Bonchev–Trinajstić information content (AvgIpc) is 1.52. The quantitative estimate of drug-likeness (QED) is 0.120. The number of benzene rings is 8. The lowest BCUT2D eigenvalue weighted by atomic mass is 9.65. The molecule has 0 radical (unpaired) electrons. The minimum absolute atomic E-state index is 0.0953. The number of thiophene rings is 3. The van der Waals surface area contributed by atoms with E-state index in [2.05, 4.69) is 185 Å². The maximum atomic E-state index is 14.3. The van der Waals surface area contributed by atoms with Gasteiger partial charge in [0.15, 0.2) is 11.6 Å². The number of fused-ring (bicyclic) bond motifs is 12. The summed E-state index contributed by atoms with van der Waals surface area (Å²) >= 11 is 5.16. The molecule has 0 spiro atoms. The van der Waals surface area contributed by atoms with Crippen LogP contribution in [-0.4, -0.2) is 11.6 Å². The van der Waals surface area contributed by atoms with Gasteiger partial charge in [-0.05, 0) is 136 Å². The van der Waals surface area contributed by atoms with E-state index in [9.17, 15) is 30.6 Å². The lowest BCUT2D eigenvalue weighted by Crippen LogP contribution is -2.30. The van der Waals surface area contributed by atoms with E-state index in [1.54, 1.807) is 58.3 Å². The second-order valence-electron chi connectivity index (χ2n) is 22.4. The van der Waals surface area contributed by atoms with Crippen LogP contribution in [0.3, 0.4) is 0 Å². The van der Waals surface area contributed by atoms with Gasteiger partial charge in [-0.3, -0.25) is 9.59 Å². The molecule has 0 atom stereocenters. The molecular formula is C76H44N4O2S3. The van der Waals surface area contributed by atoms with Crippen LogP contribution in [0, 0.1) is 73.0 Å². The summed E-state index contributed by atoms with van der Waals surface area (Å²) in [6.07, 6.45) is 3.72. The zero-order valence-corrected chi connectivity index (χ0v) is 48.8. The largest absolute Gasteiger partial charge is 0.289 e. The maximum absolute atomic E-state index is 14.3. The van der Waals surface area contributed by atoms with Crippen LogP contribution in [0.25, 0.3) is 63.7 Å². The number of allylic oxidation sites excluding steroid dienone is 6. The van der Waals surface area contributed by atoms with Crippen LogP contribution in [0.5, 0.6) is 0 Å². The lowest BCUT2D eigenvalue weighted by molar-refractivity contribution is 0.103. The summed E-state index contributed by atoms with van der Waals surface area (Å²) in [5, 5.41) is 41.9. The third-order valence-electron chi connectivity index (χ3n) is 17.7. The van der Waals surface area contributed by atoms with Gasteiger partial charge in [-0.1, -0.05) is 180 Å². The Balaban J connectivity index is 1.02. The Morgan fingerprint density at radius 3 is 1.26 bits per heavy atom. The molecule has 4 aliphatic rings. The smallest absolute Gasteiger partial charge is 0.194 e. The van der Waals surface area contributed by atoms with E-state index in [0.29, 0.717) is 44.5 Å². The number of nitrogens with zero attached hydrogens (tertiary/aromatic N) is 4. The van der Waals surface area contributed by atoms with Gasteiger partial charge >= 0.3 is 0 Å². The maximum Gasteiger partial charge on any atom is 0.194 e. The molecule has 11 aromatic rings. The molecule has 0 bridgehead atoms. The van der Waals surface area contributed by atoms with Gasteiger partial charge in [0, 0.05) is 63.0 Å². The highest BCUT2D eigenvalue weighted by molar-refractivity contribution is 7.30. The van der Waals surface area contributed by atoms with Gasteiger partial charge in [-0.25, -0.2) is 0 Å². The number of hydrogen-bond donors (Lipinski definition) is 0. The zero-order chi connectivity index (χ0) is 58.2. The van der Waals surface area contributed by atoms with Crippen molar-refractivity contribution in [2.24, 2.45) is 0 Å². The van der Waals surface area contributed by atoms with Crippen molar-refractivity contribution in [2.45, 2.75) is 38.5 Å². The van der Waals surface area contributed by atoms with Crippen molar-refractivity contribution >= 4 is 88.4 Å². The topological polar surface area (TPSA) is 129 Å². The molecule has 3 aromatic heterocycles. The molecule has 0 N–H and O–H groups in total. The number of nitriles is 4. The molecular weight excluding hydrogens is 1100 g/mol. The van der Waals surface area contributed by atoms with Crippen molar-refractivity contribution in [1.29, 1.82) is 21.0 Å². The van der Waals surface area contributed by atoms with Crippen LogP contribution in [0.2, 0.25) is 0 Å². The van der Waals surface area contributed by atoms with Gasteiger partial charge in [0.2, 0.25) is 0 Å². The molecule has 15 rings (SSSR count). The Morgan fingerprint density at radius 2 is 0.812 bits per heavy atom. The first-order valence-electron chi connectivity index (χ1n) is 27.8. The normalized spacial score (nSPS) is 15.5. The fraction of sp³-hybridized carbons (Fsp3) is 0.0789. The van der Waals surface area contributed by atoms with E-state index in [-0.39, 0.29) is 22.7 Å². The van der Waals surface area contributed by atoms with Crippen molar-refractivity contribution in [3.63, 3.8) is 0 Å². The van der Waals surface area contributed by atoms with Crippen molar-refractivity contribution in [3.8, 4) is 45.2 Å². The molecule has 3 heterocycles. The first-order valence-corrected chi connectivity index (χ1v) is 30.3. The van der Waals surface area contributed by atoms with Crippen LogP contribution in [-0.2, 0) is 10.8 Å². The van der Waals surface area contributed by atoms with Crippen LogP contribution in [0.4, 0.5) is 0 Å². The minimum atomic E-state index is -0.828. The molecule has 85 heavy (non-hydrogen) atoms. The summed E-state index contributed by atoms with van der Waals surface area (Å²) < 4.78 is 3.21. The van der Waals surface area contributed by atoms with Crippen molar-refractivity contribution in [3.05, 3.63) is 304 Å². The molecule has 0 amide bonds. The number of carbonyl (C=O) groups excluding carboxylic acids is 2. The van der Waals surface area contributed by atoms with Crippen molar-refractivity contribution < 1.29 is 9.59 Å². The minimum Gasteiger partial charge on any atom is -0.289 e. The van der Waals surface area contributed by atoms with Crippen molar-refractivity contribution in [1.82, 2.24) is 0 Å². The van der Waals surface area contributed by atoms with Gasteiger partial charge in [-0.2, -0.15) is 21.0 Å². The van der Waals surface area contributed by atoms with Gasteiger partial charge in [0.1, 0.15) is 35.4 Å². The first kappa shape index (κ1) is 51.5. The fourth-order valence-electron chi connectivity index (χ4n) is 13.9. The van der Waals surface area contributed by atoms with E-state index in [1.165, 1.54) is 21.6 Å². The van der Waals surface area contributed by atoms with Crippen LogP contribution >= 0.6 is 34.0 Å². The highest BCUT2D eigenvalue weighted by Crippen LogP contribution is 2.67. The monoisotopic (exact) mass is 1140 g/mol. The van der Waals surface area contributed by atoms with Gasteiger partial charge in [0.25, 0.3) is 0 Å². The molecule has 0 fully saturated rings. The molecule has 398 valence electrons. The molecule has 0 saturated heterocycles. The highest BCUT2D eigenvalue weighted by Gasteiger charge is 2.54. The van der Waals surface area contributed by atoms with E-state index >= 15 is 0 Å². The van der Waals surface area contributed by atoms with Crippen molar-refractivity contribution in [2.75, 3.05) is 0 Å². The number of ketones is 2. The molecule has 0 saturated carbocycles. The Labute approximate surface area is 503 Å². The summed E-state index contributed by atoms with van der Waals surface area (Å²) in [4.78, 5) is 31.8. The molecule has 4 aliphatic carbocycles. The number of rotatable bonds is 6. The Bertz CT molecular complexity index is 5040. The second kappa shape index (κ2) is 19.1. The van der Waals surface area contributed by atoms with E-state index < -0.39 is 10.8 Å². The first-order chi connectivity index (χ1) is 41.4. The van der Waals surface area contributed by atoms with E-state index in [4.69, 9.17) is 0 Å². The standard InChI is InChI=1S/C76H44N4O2S3/c1-41-13-22-48(23-14-41)75(49-24-15-42(2)16-25-49)62-36-59-63(35-58(62)72-68(75)57-30-21-45(32-64(57)84-72)31-60-66(46(37-77)38-78)53-9-5-7-11-55(53)70(60)81)76(50-26-17-43(3)18-27-50,51-28-19-44(4)20-29-51)69-73(59)85-65-34-52(83-74(65)69)33-61-67(47(39-79)40-80)54-10-6-8-12-56(54)71(61)82/h5-36H,1-4H3. The van der Waals surface area contributed by atoms with Crippen LogP contribution in [0.15, 0.2) is 204 Å². The fourth-order valence-corrected chi connectivity index (χ4v) is 18.0. The summed E-state index contributed by atoms with van der Waals surface area (Å²) in [5.41, 5.74) is 18.6. The third kappa shape index (κ3) is 7.23. The summed E-state index contributed by atoms with van der Waals surface area (Å²) in [7, 11) is 0. The van der Waals surface area contributed by atoms with E-state index in [1.807, 2.05) is 36.4 Å². The Kier molecular flexibility index (Phi) is 11.6. The molecule has 9 heteroatoms. The molecule has 8 aromatic carbocycles. The number of hydrogen-bond acceptors (Lipinski definition) is 9. The average molecular weight is 1140 g/mol. The molecule has 0 unspecified atom stereocenters. The van der Waals surface area contributed by atoms with Crippen LogP contribution < -0.4 is 0 Å². The molecule has 0 aliphatic heterocycles. The summed E-state index contributed by atoms with van der Waals surface area (Å²) in [6.45, 7) is 8.50. The number of carbonyl (C=O) groups is 2. The number of Topliss-reactive ketones (excluding diaryl/α,β-unsaturated/α-hetero) is 2. The zero-order valence-electron chi connectivity index (χ0n) is 46.3. The SMILES string of the molecule is Cc1ccc(C2(c3ccc(C)cc3)c3cc4c(cc3-c3sc5cc(C=C6C(=O)c7ccccc7C6=C(C#N)C#N)ccc5c32)C(c2ccc(C)cc2)(c2ccc(C)cc2)c2c-4sc3cc(C=C4C(=O)c5ccccc5C4=C(C#N)C#N)sc23)cc1. The third-order valence-corrected chi connectivity index (χ3v) is 21.3. The summed E-state index contributed by atoms with van der Waals surface area (Å²) in [6, 6.07) is 72.2. The van der Waals surface area contributed by atoms with E-state index in [0.717, 1.165) is 96.0 Å². The van der Waals surface area contributed by atoms with Gasteiger partial charge in [-0.15, -0.1) is 34.0 Å². The lowest BCUT2D eigenvalue weighted by Gasteiger charge is -2.36. The predicted molar refractivity (Wildman–Crippen MR) is 342 cm³/mol. The van der Waals surface area contributed by atoms with Gasteiger partial charge < -0.3 is 0 Å². The second-order valence-corrected chi connectivity index (χ2v) is 25.6. The summed E-state index contributed by atoms with van der Waals surface area (Å²) in [5.74, 6) is -0.433. The Hall–Kier alpha value is -10.4. The van der Waals surface area contributed by atoms with Crippen LogP contribution in [0.1, 0.15) is 109 Å². The predicted octanol–water partition coefficient (Wildman–Crippen LogP) is 18.3. The Morgan fingerprint density at radius 1 is 0.412 bits per heavy atom. The van der Waals surface area contributed by atoms with Gasteiger partial charge in [0.05, 0.1) is 15.5 Å². The molecule has 6 nitrogen and oxygen atoms in total.